The van der Waals surface area contributed by atoms with Crippen LogP contribution in [0.3, 0.4) is 0 Å². The van der Waals surface area contributed by atoms with Crippen LogP contribution in [0, 0.1) is 13.8 Å². The standard InChI is InChI=1S/C39H40N6O7S/c1-23(2)53(50,51)34-13-11-29-16-28(34)18-40-38(48)36(44-30-10-12-33-31(17-30)37(47)42-22-41-33)27-14-24(3)32(25(4)15-27)19-45(20-35(46)43-29)39(49)52-21-26-8-6-5-7-9-26/h5-17,22-23,36,44H,18-21H2,1-4H3,(H,40,48)(H,43,46)(H,41,42,47). The van der Waals surface area contributed by atoms with Crippen molar-refractivity contribution in [1.29, 1.82) is 0 Å². The first-order valence-corrected chi connectivity index (χ1v) is 18.6. The van der Waals surface area contributed by atoms with Gasteiger partial charge in [0.1, 0.15) is 19.2 Å². The first-order valence-electron chi connectivity index (χ1n) is 17.0. The summed E-state index contributed by atoms with van der Waals surface area (Å²) in [6.45, 7) is 6.33. The molecule has 2 aliphatic rings. The summed E-state index contributed by atoms with van der Waals surface area (Å²) in [5.74, 6) is -0.999. The highest BCUT2D eigenvalue weighted by atomic mass is 32.2. The molecule has 1 atom stereocenters. The number of rotatable bonds is 6. The van der Waals surface area contributed by atoms with Crippen LogP contribution in [0.2, 0.25) is 0 Å². The molecule has 0 aliphatic carbocycles. The smallest absolute Gasteiger partial charge is 0.410 e. The number of hydrogen-bond acceptors (Lipinski definition) is 9. The summed E-state index contributed by atoms with van der Waals surface area (Å²) in [5.41, 5.74) is 4.80. The molecule has 1 aromatic heterocycles. The number of carbonyl (C=O) groups excluding carboxylic acids is 3. The Morgan fingerprint density at radius 2 is 1.70 bits per heavy atom. The van der Waals surface area contributed by atoms with Gasteiger partial charge in [0.2, 0.25) is 11.8 Å². The number of sulfone groups is 1. The first-order chi connectivity index (χ1) is 25.3. The first kappa shape index (κ1) is 36.8. The maximum absolute atomic E-state index is 14.2. The van der Waals surface area contributed by atoms with Crippen molar-refractivity contribution in [3.8, 4) is 0 Å². The summed E-state index contributed by atoms with van der Waals surface area (Å²) in [7, 11) is -3.80. The van der Waals surface area contributed by atoms with Gasteiger partial charge in [0, 0.05) is 17.9 Å². The molecular formula is C39H40N6O7S. The third-order valence-corrected chi connectivity index (χ3v) is 11.4. The number of nitrogens with zero attached hydrogens (tertiary/aromatic N) is 2. The summed E-state index contributed by atoms with van der Waals surface area (Å²) >= 11 is 0. The van der Waals surface area contributed by atoms with E-state index in [1.807, 2.05) is 56.3 Å². The normalized spacial score (nSPS) is 15.3. The van der Waals surface area contributed by atoms with E-state index in [1.54, 1.807) is 32.0 Å². The van der Waals surface area contributed by atoms with Gasteiger partial charge in [0.15, 0.2) is 9.84 Å². The van der Waals surface area contributed by atoms with E-state index >= 15 is 0 Å². The highest BCUT2D eigenvalue weighted by Crippen LogP contribution is 2.29. The summed E-state index contributed by atoms with van der Waals surface area (Å²) < 4.78 is 32.5. The van der Waals surface area contributed by atoms with Crippen molar-refractivity contribution in [1.82, 2.24) is 20.2 Å². The van der Waals surface area contributed by atoms with Crippen LogP contribution in [0.25, 0.3) is 10.9 Å². The SMILES string of the molecule is Cc1cc2cc(C)c1CN(C(=O)OCc1ccccc1)CC(=O)Nc1ccc(S(=O)(=O)C(C)C)c(c1)CNC(=O)C2Nc1ccc2nc[nH]c(=O)c2c1. The van der Waals surface area contributed by atoms with Gasteiger partial charge in [-0.05, 0) is 97.5 Å². The lowest BCUT2D eigenvalue weighted by Crippen LogP contribution is -2.38. The van der Waals surface area contributed by atoms with E-state index in [2.05, 4.69) is 25.9 Å². The quantitative estimate of drug-likeness (QED) is 0.180. The second kappa shape index (κ2) is 15.3. The molecule has 0 spiro atoms. The van der Waals surface area contributed by atoms with Gasteiger partial charge >= 0.3 is 6.09 Å². The fourth-order valence-corrected chi connectivity index (χ4v) is 7.50. The van der Waals surface area contributed by atoms with Crippen LogP contribution in [0.1, 0.15) is 53.3 Å². The molecule has 4 aromatic carbocycles. The maximum atomic E-state index is 14.2. The number of fused-ring (bicyclic) bond motifs is 10. The number of amides is 3. The predicted octanol–water partition coefficient (Wildman–Crippen LogP) is 5.28. The Labute approximate surface area is 306 Å². The number of carbonyl (C=O) groups is 3. The molecule has 3 heterocycles. The number of aromatic nitrogens is 2. The summed E-state index contributed by atoms with van der Waals surface area (Å²) in [5, 5.41) is 8.52. The van der Waals surface area contributed by atoms with E-state index in [1.165, 1.54) is 29.4 Å². The Hall–Kier alpha value is -6.02. The molecule has 2 aliphatic heterocycles. The van der Waals surface area contributed by atoms with Crippen molar-refractivity contribution in [3.05, 3.63) is 129 Å². The lowest BCUT2D eigenvalue weighted by atomic mass is 9.94. The van der Waals surface area contributed by atoms with Crippen LogP contribution in [-0.4, -0.2) is 53.0 Å². The van der Waals surface area contributed by atoms with Gasteiger partial charge in [-0.2, -0.15) is 0 Å². The van der Waals surface area contributed by atoms with Gasteiger partial charge in [-0.1, -0.05) is 42.5 Å². The molecule has 0 radical (unpaired) electrons. The molecule has 1 unspecified atom stereocenters. The van der Waals surface area contributed by atoms with Crippen LogP contribution in [0.4, 0.5) is 16.2 Å². The summed E-state index contributed by atoms with van der Waals surface area (Å²) in [6.07, 6.45) is 0.616. The van der Waals surface area contributed by atoms with E-state index < -0.39 is 39.0 Å². The molecule has 13 nitrogen and oxygen atoms in total. The van der Waals surface area contributed by atoms with E-state index in [-0.39, 0.29) is 47.9 Å². The van der Waals surface area contributed by atoms with Gasteiger partial charge < -0.3 is 25.7 Å². The number of benzene rings is 4. The van der Waals surface area contributed by atoms with E-state index in [0.717, 1.165) is 22.3 Å². The lowest BCUT2D eigenvalue weighted by Gasteiger charge is -2.26. The topological polar surface area (TPSA) is 180 Å². The molecule has 14 heteroatoms. The van der Waals surface area contributed by atoms with Crippen LogP contribution in [0.15, 0.2) is 94.9 Å². The zero-order chi connectivity index (χ0) is 37.9. The number of H-pyrrole nitrogens is 1. The van der Waals surface area contributed by atoms with Gasteiger partial charge in [0.05, 0.1) is 33.9 Å². The second-order valence-corrected chi connectivity index (χ2v) is 15.7. The van der Waals surface area contributed by atoms with Crippen LogP contribution >= 0.6 is 0 Å². The van der Waals surface area contributed by atoms with Gasteiger partial charge in [-0.3, -0.25) is 19.3 Å². The van der Waals surface area contributed by atoms with Crippen molar-refractivity contribution >= 4 is 50.0 Å². The third kappa shape index (κ3) is 8.23. The van der Waals surface area contributed by atoms with E-state index in [4.69, 9.17) is 4.74 Å². The maximum Gasteiger partial charge on any atom is 0.410 e. The van der Waals surface area contributed by atoms with Gasteiger partial charge in [0.25, 0.3) is 5.56 Å². The minimum absolute atomic E-state index is 0.00298. The van der Waals surface area contributed by atoms with Crippen molar-refractivity contribution in [2.75, 3.05) is 17.2 Å². The molecule has 53 heavy (non-hydrogen) atoms. The predicted molar refractivity (Wildman–Crippen MR) is 201 cm³/mol. The molecule has 274 valence electrons. The van der Waals surface area contributed by atoms with E-state index in [9.17, 15) is 27.6 Å². The average molecular weight is 737 g/mol. The number of aryl methyl sites for hydroxylation is 2. The minimum atomic E-state index is -3.80. The van der Waals surface area contributed by atoms with Crippen molar-refractivity contribution in [2.45, 2.75) is 63.6 Å². The van der Waals surface area contributed by atoms with Crippen molar-refractivity contribution in [2.24, 2.45) is 0 Å². The lowest BCUT2D eigenvalue weighted by molar-refractivity contribution is -0.122. The number of nitrogens with one attached hydrogen (secondary N) is 4. The van der Waals surface area contributed by atoms with Crippen molar-refractivity contribution in [3.63, 3.8) is 0 Å². The van der Waals surface area contributed by atoms with E-state index in [0.29, 0.717) is 22.2 Å². The van der Waals surface area contributed by atoms with Crippen molar-refractivity contribution < 1.29 is 27.5 Å². The molecule has 0 fully saturated rings. The number of anilines is 2. The molecule has 0 saturated heterocycles. The number of ether oxygens (including phenoxy) is 1. The Balaban J connectivity index is 1.43. The molecule has 4 N–H and O–H groups in total. The van der Waals surface area contributed by atoms with Crippen LogP contribution < -0.4 is 21.5 Å². The monoisotopic (exact) mass is 736 g/mol. The average Bonchev–Trinajstić information content (AvgIpc) is 3.13. The fourth-order valence-electron chi connectivity index (χ4n) is 6.24. The summed E-state index contributed by atoms with van der Waals surface area (Å²) in [4.78, 5) is 61.9. The number of aromatic amines is 1. The highest BCUT2D eigenvalue weighted by Gasteiger charge is 2.28. The third-order valence-electron chi connectivity index (χ3n) is 9.14. The highest BCUT2D eigenvalue weighted by molar-refractivity contribution is 7.92. The van der Waals surface area contributed by atoms with Gasteiger partial charge in [-0.15, -0.1) is 0 Å². The Morgan fingerprint density at radius 3 is 2.42 bits per heavy atom. The fraction of sp³-hybridized carbons (Fsp3) is 0.256. The zero-order valence-corrected chi connectivity index (χ0v) is 30.5. The Bertz CT molecular complexity index is 2350. The molecule has 0 saturated carbocycles. The van der Waals surface area contributed by atoms with Crippen LogP contribution in [-0.2, 0) is 43.9 Å². The van der Waals surface area contributed by atoms with Gasteiger partial charge in [-0.25, -0.2) is 18.2 Å². The molecule has 7 rings (SSSR count). The molecular weight excluding hydrogens is 697 g/mol. The molecule has 5 aromatic rings. The minimum Gasteiger partial charge on any atom is -0.445 e. The Morgan fingerprint density at radius 1 is 0.962 bits per heavy atom. The Kier molecular flexibility index (Phi) is 10.6. The summed E-state index contributed by atoms with van der Waals surface area (Å²) in [6, 6.07) is 21.2. The molecule has 4 bridgehead atoms. The van der Waals surface area contributed by atoms with Crippen LogP contribution in [0.5, 0.6) is 0 Å². The second-order valence-electron chi connectivity index (χ2n) is 13.3. The zero-order valence-electron chi connectivity index (χ0n) is 29.7. The molecule has 3 amide bonds. The largest absolute Gasteiger partial charge is 0.445 e. The number of hydrogen-bond donors (Lipinski definition) is 4.